The molecule has 0 aliphatic carbocycles. The quantitative estimate of drug-likeness (QED) is 0.709. The average Bonchev–Trinajstić information content (AvgIpc) is 2.58. The summed E-state index contributed by atoms with van der Waals surface area (Å²) in [5.74, 6) is -0.406. The highest BCUT2D eigenvalue weighted by molar-refractivity contribution is 6.36. The first-order valence-corrected chi connectivity index (χ1v) is 9.11. The highest BCUT2D eigenvalue weighted by atomic mass is 35.5. The van der Waals surface area contributed by atoms with Gasteiger partial charge in [0, 0.05) is 24.5 Å². The van der Waals surface area contributed by atoms with Crippen LogP contribution in [0.5, 0.6) is 0 Å². The minimum Gasteiger partial charge on any atom is -0.334 e. The zero-order valence-electron chi connectivity index (χ0n) is 15.1. The Balaban J connectivity index is 2.22. The molecular formula is C20H22Cl2N2O2. The number of hydrogen-bond acceptors (Lipinski definition) is 2. The van der Waals surface area contributed by atoms with Gasteiger partial charge in [-0.05, 0) is 37.6 Å². The van der Waals surface area contributed by atoms with Gasteiger partial charge in [-0.1, -0.05) is 53.5 Å². The van der Waals surface area contributed by atoms with Gasteiger partial charge in [0.1, 0.15) is 6.54 Å². The van der Waals surface area contributed by atoms with E-state index >= 15 is 0 Å². The van der Waals surface area contributed by atoms with Gasteiger partial charge in [0.15, 0.2) is 0 Å². The first kappa shape index (κ1) is 20.3. The van der Waals surface area contributed by atoms with Gasteiger partial charge in [0.05, 0.1) is 10.7 Å². The van der Waals surface area contributed by atoms with Crippen molar-refractivity contribution in [3.05, 3.63) is 64.1 Å². The molecule has 0 aliphatic rings. The molecular weight excluding hydrogens is 371 g/mol. The van der Waals surface area contributed by atoms with Crippen molar-refractivity contribution in [2.75, 3.05) is 11.4 Å². The lowest BCUT2D eigenvalue weighted by atomic mass is 10.2. The molecule has 0 bridgehead atoms. The van der Waals surface area contributed by atoms with Gasteiger partial charge in [0.25, 0.3) is 0 Å². The first-order chi connectivity index (χ1) is 12.3. The summed E-state index contributed by atoms with van der Waals surface area (Å²) in [6, 6.07) is 14.6. The van der Waals surface area contributed by atoms with Crippen molar-refractivity contribution in [2.24, 2.45) is 0 Å². The second-order valence-corrected chi connectivity index (χ2v) is 7.15. The molecule has 2 amide bonds. The van der Waals surface area contributed by atoms with Crippen molar-refractivity contribution in [3.8, 4) is 0 Å². The van der Waals surface area contributed by atoms with E-state index in [0.717, 1.165) is 5.56 Å². The second-order valence-electron chi connectivity index (χ2n) is 6.30. The minimum atomic E-state index is -0.258. The van der Waals surface area contributed by atoms with E-state index in [1.165, 1.54) is 11.8 Å². The van der Waals surface area contributed by atoms with Gasteiger partial charge >= 0.3 is 0 Å². The fraction of sp³-hybridized carbons (Fsp3) is 0.300. The number of carbonyl (C=O) groups excluding carboxylic acids is 2. The van der Waals surface area contributed by atoms with Crippen molar-refractivity contribution in [1.82, 2.24) is 4.90 Å². The Kier molecular flexibility index (Phi) is 7.06. The number of nitrogens with zero attached hydrogens (tertiary/aromatic N) is 2. The van der Waals surface area contributed by atoms with Crippen LogP contribution in [-0.2, 0) is 16.1 Å². The molecule has 0 unspecified atom stereocenters. The van der Waals surface area contributed by atoms with E-state index in [0.29, 0.717) is 22.3 Å². The predicted octanol–water partition coefficient (Wildman–Crippen LogP) is 4.78. The Labute approximate surface area is 164 Å². The molecule has 4 nitrogen and oxygen atoms in total. The lowest BCUT2D eigenvalue weighted by molar-refractivity contribution is -0.133. The molecule has 0 N–H and O–H groups in total. The van der Waals surface area contributed by atoms with Crippen LogP contribution in [0.25, 0.3) is 0 Å². The van der Waals surface area contributed by atoms with Gasteiger partial charge in [-0.15, -0.1) is 0 Å². The first-order valence-electron chi connectivity index (χ1n) is 8.36. The summed E-state index contributed by atoms with van der Waals surface area (Å²) in [4.78, 5) is 28.2. The lowest BCUT2D eigenvalue weighted by Crippen LogP contribution is -2.44. The maximum Gasteiger partial charge on any atom is 0.243 e. The summed E-state index contributed by atoms with van der Waals surface area (Å²) in [6.07, 6.45) is 0. The summed E-state index contributed by atoms with van der Waals surface area (Å²) in [7, 11) is 0. The Morgan fingerprint density at radius 2 is 1.69 bits per heavy atom. The SMILES string of the molecule is CC(=O)N(CC(=O)N(Cc1ccccc1)C(C)C)c1ccc(Cl)cc1Cl. The second kappa shape index (κ2) is 9.06. The van der Waals surface area contributed by atoms with E-state index in [1.54, 1.807) is 23.1 Å². The van der Waals surface area contributed by atoms with Crippen LogP contribution >= 0.6 is 23.2 Å². The molecule has 0 aliphatic heterocycles. The van der Waals surface area contributed by atoms with Crippen molar-refractivity contribution >= 4 is 40.7 Å². The van der Waals surface area contributed by atoms with Crippen molar-refractivity contribution in [2.45, 2.75) is 33.4 Å². The molecule has 6 heteroatoms. The molecule has 2 aromatic rings. The molecule has 26 heavy (non-hydrogen) atoms. The molecule has 0 saturated carbocycles. The smallest absolute Gasteiger partial charge is 0.243 e. The van der Waals surface area contributed by atoms with E-state index in [9.17, 15) is 9.59 Å². The van der Waals surface area contributed by atoms with Crippen LogP contribution in [0.15, 0.2) is 48.5 Å². The number of carbonyl (C=O) groups is 2. The Bertz CT molecular complexity index is 779. The number of amides is 2. The zero-order valence-corrected chi connectivity index (χ0v) is 16.6. The predicted molar refractivity (Wildman–Crippen MR) is 107 cm³/mol. The maximum atomic E-state index is 12.9. The molecule has 0 spiro atoms. The third kappa shape index (κ3) is 5.23. The van der Waals surface area contributed by atoms with Gasteiger partial charge in [-0.25, -0.2) is 0 Å². The minimum absolute atomic E-state index is 0.00259. The van der Waals surface area contributed by atoms with E-state index in [-0.39, 0.29) is 24.4 Å². The summed E-state index contributed by atoms with van der Waals surface area (Å²) in [6.45, 7) is 5.72. The van der Waals surface area contributed by atoms with Gasteiger partial charge in [-0.3, -0.25) is 9.59 Å². The molecule has 2 rings (SSSR count). The van der Waals surface area contributed by atoms with E-state index in [1.807, 2.05) is 44.2 Å². The number of benzene rings is 2. The van der Waals surface area contributed by atoms with Gasteiger partial charge < -0.3 is 9.80 Å². The highest BCUT2D eigenvalue weighted by Crippen LogP contribution is 2.29. The number of anilines is 1. The summed E-state index contributed by atoms with van der Waals surface area (Å²) in [5, 5.41) is 0.807. The lowest BCUT2D eigenvalue weighted by Gasteiger charge is -2.30. The zero-order chi connectivity index (χ0) is 19.3. The van der Waals surface area contributed by atoms with Crippen LogP contribution in [-0.4, -0.2) is 29.3 Å². The van der Waals surface area contributed by atoms with Crippen LogP contribution in [0.3, 0.4) is 0 Å². The topological polar surface area (TPSA) is 40.6 Å². The normalized spacial score (nSPS) is 10.7. The molecule has 0 aromatic heterocycles. The number of halogens is 2. The molecule has 0 atom stereocenters. The fourth-order valence-electron chi connectivity index (χ4n) is 2.63. The van der Waals surface area contributed by atoms with Crippen LogP contribution < -0.4 is 4.90 Å². The molecule has 0 fully saturated rings. The maximum absolute atomic E-state index is 12.9. The number of hydrogen-bond donors (Lipinski definition) is 0. The fourth-order valence-corrected chi connectivity index (χ4v) is 3.14. The standard InChI is InChI=1S/C20H22Cl2N2O2/c1-14(2)23(12-16-7-5-4-6-8-16)20(26)13-24(15(3)25)19-10-9-17(21)11-18(19)22/h4-11,14H,12-13H2,1-3H3. The molecule has 0 saturated heterocycles. The molecule has 0 radical (unpaired) electrons. The van der Waals surface area contributed by atoms with E-state index in [2.05, 4.69) is 0 Å². The number of rotatable bonds is 6. The summed E-state index contributed by atoms with van der Waals surface area (Å²) >= 11 is 12.1. The van der Waals surface area contributed by atoms with Crippen LogP contribution in [0.1, 0.15) is 26.3 Å². The Morgan fingerprint density at radius 1 is 1.04 bits per heavy atom. The Hall–Kier alpha value is -2.04. The summed E-state index contributed by atoms with van der Waals surface area (Å²) in [5.41, 5.74) is 1.51. The highest BCUT2D eigenvalue weighted by Gasteiger charge is 2.24. The van der Waals surface area contributed by atoms with E-state index in [4.69, 9.17) is 23.2 Å². The van der Waals surface area contributed by atoms with Crippen LogP contribution in [0.2, 0.25) is 10.0 Å². The molecule has 2 aromatic carbocycles. The molecule has 0 heterocycles. The largest absolute Gasteiger partial charge is 0.334 e. The van der Waals surface area contributed by atoms with Gasteiger partial charge in [-0.2, -0.15) is 0 Å². The monoisotopic (exact) mass is 392 g/mol. The summed E-state index contributed by atoms with van der Waals surface area (Å²) < 4.78 is 0. The Morgan fingerprint density at radius 3 is 2.23 bits per heavy atom. The van der Waals surface area contributed by atoms with E-state index < -0.39 is 0 Å². The van der Waals surface area contributed by atoms with Crippen molar-refractivity contribution in [1.29, 1.82) is 0 Å². The molecule has 138 valence electrons. The van der Waals surface area contributed by atoms with Crippen molar-refractivity contribution < 1.29 is 9.59 Å². The van der Waals surface area contributed by atoms with Crippen LogP contribution in [0, 0.1) is 0 Å². The third-order valence-electron chi connectivity index (χ3n) is 4.01. The average molecular weight is 393 g/mol. The van der Waals surface area contributed by atoms with Crippen molar-refractivity contribution in [3.63, 3.8) is 0 Å². The van der Waals surface area contributed by atoms with Gasteiger partial charge in [0.2, 0.25) is 11.8 Å². The third-order valence-corrected chi connectivity index (χ3v) is 4.55. The van der Waals surface area contributed by atoms with Crippen LogP contribution in [0.4, 0.5) is 5.69 Å².